The molecular weight excluding hydrogens is 487 g/mol. The van der Waals surface area contributed by atoms with Gasteiger partial charge in [-0.1, -0.05) is 41.4 Å². The van der Waals surface area contributed by atoms with E-state index in [-0.39, 0.29) is 31.4 Å². The van der Waals surface area contributed by atoms with Crippen LogP contribution in [0, 0.1) is 0 Å². The molecule has 1 heterocycles. The number of hydrogen-bond donors (Lipinski definition) is 1. The van der Waals surface area contributed by atoms with Gasteiger partial charge >= 0.3 is 0 Å². The first-order valence-corrected chi connectivity index (χ1v) is 11.6. The number of hydrogen-bond acceptors (Lipinski definition) is 4. The second kappa shape index (κ2) is 11.3. The third-order valence-corrected chi connectivity index (χ3v) is 6.57. The largest absolute Gasteiger partial charge is 0.496 e. The van der Waals surface area contributed by atoms with Crippen LogP contribution in [-0.4, -0.2) is 66.1 Å². The number of aliphatic hydroxyl groups excluding tert-OH is 1. The average molecular weight is 512 g/mol. The Morgan fingerprint density at radius 2 is 1.88 bits per heavy atom. The summed E-state index contributed by atoms with van der Waals surface area (Å²) in [5, 5.41) is 11.3. The van der Waals surface area contributed by atoms with Crippen molar-refractivity contribution in [2.75, 3.05) is 33.4 Å². The van der Waals surface area contributed by atoms with Gasteiger partial charge in [-0.2, -0.15) is 0 Å². The Morgan fingerprint density at radius 3 is 2.55 bits per heavy atom. The van der Waals surface area contributed by atoms with Crippen molar-refractivity contribution < 1.29 is 19.4 Å². The third kappa shape index (κ3) is 5.82. The van der Waals surface area contributed by atoms with Crippen LogP contribution in [0.25, 0.3) is 11.1 Å². The Kier molecular flexibility index (Phi) is 8.65. The quantitative estimate of drug-likeness (QED) is 0.557. The van der Waals surface area contributed by atoms with Gasteiger partial charge in [0.15, 0.2) is 0 Å². The molecule has 3 rings (SSSR count). The molecule has 2 amide bonds. The number of carbonyl (C=O) groups is 2. The Morgan fingerprint density at radius 1 is 1.15 bits per heavy atom. The van der Waals surface area contributed by atoms with Crippen molar-refractivity contribution >= 4 is 46.6 Å². The second-order valence-corrected chi connectivity index (χ2v) is 8.93. The highest BCUT2D eigenvalue weighted by Crippen LogP contribution is 2.39. The van der Waals surface area contributed by atoms with Crippen molar-refractivity contribution in [3.8, 4) is 16.9 Å². The first kappa shape index (κ1) is 25.4. The molecule has 0 saturated carbocycles. The van der Waals surface area contributed by atoms with Crippen molar-refractivity contribution in [3.63, 3.8) is 0 Å². The number of halogens is 3. The molecule has 9 heteroatoms. The minimum atomic E-state index is -0.455. The highest BCUT2D eigenvalue weighted by molar-refractivity contribution is 6.37. The second-order valence-electron chi connectivity index (χ2n) is 7.68. The standard InChI is InChI=1S/C24H25Cl3N2O4/c1-3-23(31)28-8-9-29(17(13-28)14-30)24(32)7-4-15-10-18(21(27)12-22(15)33-2)19-11-16(25)5-6-20(19)26/h3,5-6,10-12,17,30H,1,4,7-9,13-14H2,2H3. The zero-order valence-corrected chi connectivity index (χ0v) is 20.5. The van der Waals surface area contributed by atoms with Crippen molar-refractivity contribution in [2.24, 2.45) is 0 Å². The molecule has 176 valence electrons. The van der Waals surface area contributed by atoms with Crippen molar-refractivity contribution in [3.05, 3.63) is 63.6 Å². The number of methoxy groups -OCH3 is 1. The molecule has 1 saturated heterocycles. The molecule has 1 aliphatic heterocycles. The van der Waals surface area contributed by atoms with E-state index < -0.39 is 6.04 Å². The lowest BCUT2D eigenvalue weighted by atomic mass is 9.99. The fraction of sp³-hybridized carbons (Fsp3) is 0.333. The maximum Gasteiger partial charge on any atom is 0.246 e. The number of aryl methyl sites for hydroxylation is 1. The van der Waals surface area contributed by atoms with E-state index in [4.69, 9.17) is 39.5 Å². The SMILES string of the molecule is C=CC(=O)N1CCN(C(=O)CCc2cc(-c3cc(Cl)ccc3Cl)c(Cl)cc2OC)C(CO)C1. The van der Waals surface area contributed by atoms with Crippen molar-refractivity contribution in [1.82, 2.24) is 9.80 Å². The molecule has 0 aromatic heterocycles. The normalized spacial score (nSPS) is 16.0. The summed E-state index contributed by atoms with van der Waals surface area (Å²) in [4.78, 5) is 28.1. The van der Waals surface area contributed by atoms with E-state index in [2.05, 4.69) is 6.58 Å². The van der Waals surface area contributed by atoms with Gasteiger partial charge < -0.3 is 19.6 Å². The summed E-state index contributed by atoms with van der Waals surface area (Å²) in [6.07, 6.45) is 1.84. The Bertz CT molecular complexity index is 1060. The van der Waals surface area contributed by atoms with E-state index in [1.54, 1.807) is 41.2 Å². The van der Waals surface area contributed by atoms with Gasteiger partial charge in [0.2, 0.25) is 11.8 Å². The smallest absolute Gasteiger partial charge is 0.246 e. The van der Waals surface area contributed by atoms with Crippen LogP contribution in [0.5, 0.6) is 5.75 Å². The van der Waals surface area contributed by atoms with Gasteiger partial charge in [0.1, 0.15) is 5.75 Å². The van der Waals surface area contributed by atoms with Gasteiger partial charge in [0.25, 0.3) is 0 Å². The number of rotatable bonds is 7. The molecule has 1 unspecified atom stereocenters. The van der Waals surface area contributed by atoms with Crippen LogP contribution in [0.15, 0.2) is 43.0 Å². The predicted molar refractivity (Wildman–Crippen MR) is 131 cm³/mol. The fourth-order valence-corrected chi connectivity index (χ4v) is 4.60. The molecule has 6 nitrogen and oxygen atoms in total. The molecule has 0 spiro atoms. The number of piperazine rings is 1. The monoisotopic (exact) mass is 510 g/mol. The van der Waals surface area contributed by atoms with Crippen LogP contribution in [0.2, 0.25) is 15.1 Å². The van der Waals surface area contributed by atoms with Crippen LogP contribution in [0.3, 0.4) is 0 Å². The molecule has 33 heavy (non-hydrogen) atoms. The molecular formula is C24H25Cl3N2O4. The maximum absolute atomic E-state index is 13.0. The number of nitrogens with zero attached hydrogens (tertiary/aromatic N) is 2. The minimum Gasteiger partial charge on any atom is -0.496 e. The zero-order chi connectivity index (χ0) is 24.1. The summed E-state index contributed by atoms with van der Waals surface area (Å²) < 4.78 is 5.48. The first-order valence-electron chi connectivity index (χ1n) is 10.4. The lowest BCUT2D eigenvalue weighted by molar-refractivity contribution is -0.142. The Labute approximate surface area is 208 Å². The summed E-state index contributed by atoms with van der Waals surface area (Å²) in [6.45, 7) is 4.29. The van der Waals surface area contributed by atoms with E-state index in [0.29, 0.717) is 51.5 Å². The van der Waals surface area contributed by atoms with Crippen LogP contribution in [-0.2, 0) is 16.0 Å². The molecule has 1 fully saturated rings. The number of carbonyl (C=O) groups excluding carboxylic acids is 2. The number of ether oxygens (including phenoxy) is 1. The number of amides is 2. The molecule has 1 N–H and O–H groups in total. The minimum absolute atomic E-state index is 0.112. The third-order valence-electron chi connectivity index (χ3n) is 5.70. The maximum atomic E-state index is 13.0. The van der Waals surface area contributed by atoms with Crippen LogP contribution >= 0.6 is 34.8 Å². The lowest BCUT2D eigenvalue weighted by Crippen LogP contribution is -2.57. The van der Waals surface area contributed by atoms with Gasteiger partial charge in [-0.3, -0.25) is 9.59 Å². The van der Waals surface area contributed by atoms with E-state index in [1.807, 2.05) is 6.07 Å². The highest BCUT2D eigenvalue weighted by Gasteiger charge is 2.31. The van der Waals surface area contributed by atoms with Crippen molar-refractivity contribution in [1.29, 1.82) is 0 Å². The predicted octanol–water partition coefficient (Wildman–Crippen LogP) is 4.47. The molecule has 2 aromatic carbocycles. The summed E-state index contributed by atoms with van der Waals surface area (Å²) in [5.41, 5.74) is 2.17. The van der Waals surface area contributed by atoms with Crippen LogP contribution in [0.1, 0.15) is 12.0 Å². The zero-order valence-electron chi connectivity index (χ0n) is 18.2. The molecule has 0 radical (unpaired) electrons. The van der Waals surface area contributed by atoms with E-state index in [1.165, 1.54) is 6.08 Å². The summed E-state index contributed by atoms with van der Waals surface area (Å²) in [5.74, 6) is 0.243. The fourth-order valence-electron chi connectivity index (χ4n) is 3.95. The molecule has 0 aliphatic carbocycles. The van der Waals surface area contributed by atoms with Gasteiger partial charge in [0.05, 0.1) is 24.8 Å². The average Bonchev–Trinajstić information content (AvgIpc) is 2.83. The van der Waals surface area contributed by atoms with E-state index in [0.717, 1.165) is 5.56 Å². The topological polar surface area (TPSA) is 70.1 Å². The molecule has 1 aliphatic rings. The Hall–Kier alpha value is -2.25. The summed E-state index contributed by atoms with van der Waals surface area (Å²) in [6, 6.07) is 8.24. The van der Waals surface area contributed by atoms with Crippen molar-refractivity contribution in [2.45, 2.75) is 18.9 Å². The van der Waals surface area contributed by atoms with Crippen LogP contribution in [0.4, 0.5) is 0 Å². The molecule has 1 atom stereocenters. The number of aliphatic hydroxyl groups is 1. The van der Waals surface area contributed by atoms with Gasteiger partial charge in [0, 0.05) is 47.2 Å². The van der Waals surface area contributed by atoms with Gasteiger partial charge in [-0.15, -0.1) is 0 Å². The summed E-state index contributed by atoms with van der Waals surface area (Å²) in [7, 11) is 1.54. The van der Waals surface area contributed by atoms with Crippen LogP contribution < -0.4 is 4.74 Å². The van der Waals surface area contributed by atoms with Gasteiger partial charge in [-0.25, -0.2) is 0 Å². The van der Waals surface area contributed by atoms with Gasteiger partial charge in [-0.05, 0) is 48.4 Å². The van der Waals surface area contributed by atoms with E-state index in [9.17, 15) is 14.7 Å². The highest BCUT2D eigenvalue weighted by atomic mass is 35.5. The first-order chi connectivity index (χ1) is 15.8. The lowest BCUT2D eigenvalue weighted by Gasteiger charge is -2.40. The summed E-state index contributed by atoms with van der Waals surface area (Å²) >= 11 is 19.0. The number of benzene rings is 2. The molecule has 0 bridgehead atoms. The Balaban J connectivity index is 1.79. The van der Waals surface area contributed by atoms with E-state index >= 15 is 0 Å². The molecule has 2 aromatic rings.